The van der Waals surface area contributed by atoms with Gasteiger partial charge in [-0.25, -0.2) is 4.79 Å². The number of aliphatic carboxylic acids is 1. The van der Waals surface area contributed by atoms with Crippen LogP contribution >= 0.6 is 0 Å². The van der Waals surface area contributed by atoms with Crippen LogP contribution in [0.25, 0.3) is 0 Å². The Labute approximate surface area is 90.4 Å². The molecule has 0 aliphatic rings. The van der Waals surface area contributed by atoms with E-state index >= 15 is 0 Å². The number of carboxylic acids is 1. The minimum Gasteiger partial charge on any atom is -0.478 e. The van der Waals surface area contributed by atoms with E-state index in [2.05, 4.69) is 13.2 Å². The molecule has 2 N–H and O–H groups in total. The van der Waals surface area contributed by atoms with Crippen molar-refractivity contribution in [3.8, 4) is 0 Å². The maximum Gasteiger partial charge on any atom is 0.328 e. The first kappa shape index (κ1) is 13.7. The lowest BCUT2D eigenvalue weighted by Gasteiger charge is -2.24. The summed E-state index contributed by atoms with van der Waals surface area (Å²) < 4.78 is 0. The van der Waals surface area contributed by atoms with Crippen LogP contribution in [-0.2, 0) is 4.79 Å². The van der Waals surface area contributed by atoms with Crippen LogP contribution in [0.15, 0.2) is 36.0 Å². The first-order valence-corrected chi connectivity index (χ1v) is 4.67. The second kappa shape index (κ2) is 5.51. The van der Waals surface area contributed by atoms with Gasteiger partial charge in [-0.05, 0) is 20.8 Å². The predicted octanol–water partition coefficient (Wildman–Crippen LogP) is 2.15. The molecule has 0 aliphatic heterocycles. The zero-order valence-electron chi connectivity index (χ0n) is 9.45. The molecule has 2 unspecified atom stereocenters. The first-order valence-electron chi connectivity index (χ1n) is 4.67. The quantitative estimate of drug-likeness (QED) is 0.540. The molecule has 3 nitrogen and oxygen atoms in total. The summed E-state index contributed by atoms with van der Waals surface area (Å²) in [5, 5.41) is 18.5. The Kier molecular flexibility index (Phi) is 5.02. The Hall–Kier alpha value is -1.35. The molecule has 0 heterocycles. The summed E-state index contributed by atoms with van der Waals surface area (Å²) in [5.74, 6) is -1.40. The molecule has 3 heteroatoms. The van der Waals surface area contributed by atoms with Gasteiger partial charge >= 0.3 is 5.97 Å². The van der Waals surface area contributed by atoms with E-state index < -0.39 is 12.1 Å². The molecule has 0 amide bonds. The highest BCUT2D eigenvalue weighted by molar-refractivity contribution is 5.80. The van der Waals surface area contributed by atoms with Crippen molar-refractivity contribution in [2.45, 2.75) is 26.9 Å². The molecular formula is C12H18O3. The number of carboxylic acid groups (broad SMARTS) is 1. The minimum atomic E-state index is -1.02. The zero-order chi connectivity index (χ0) is 12.2. The lowest BCUT2D eigenvalue weighted by Crippen LogP contribution is -2.23. The molecule has 0 bridgehead atoms. The van der Waals surface area contributed by atoms with Gasteiger partial charge in [0.1, 0.15) is 0 Å². The average Bonchev–Trinajstić information content (AvgIpc) is 2.01. The van der Waals surface area contributed by atoms with Crippen molar-refractivity contribution < 1.29 is 15.0 Å². The molecule has 0 rings (SSSR count). The van der Waals surface area contributed by atoms with Crippen LogP contribution in [0, 0.1) is 5.92 Å². The standard InChI is InChI=1S/C12H18O3/c1-7(2)11(12(15)8(3)4)9(5)6-10(13)14/h6,11-12,15H,1,3H2,2,4-5H3,(H,13,14)/b9-6-. The SMILES string of the molecule is C=C(C)C(O)C(C(=C)C)/C(C)=C\C(=O)O. The highest BCUT2D eigenvalue weighted by Gasteiger charge is 2.22. The van der Waals surface area contributed by atoms with Crippen molar-refractivity contribution >= 4 is 5.97 Å². The van der Waals surface area contributed by atoms with E-state index in [1.54, 1.807) is 20.8 Å². The van der Waals surface area contributed by atoms with E-state index in [1.165, 1.54) is 0 Å². The van der Waals surface area contributed by atoms with E-state index in [-0.39, 0.29) is 5.92 Å². The summed E-state index contributed by atoms with van der Waals surface area (Å²) in [6.07, 6.45) is 0.309. The third-order valence-corrected chi connectivity index (χ3v) is 2.19. The van der Waals surface area contributed by atoms with Gasteiger partial charge in [0.15, 0.2) is 0 Å². The van der Waals surface area contributed by atoms with E-state index in [1.807, 2.05) is 0 Å². The fourth-order valence-corrected chi connectivity index (χ4v) is 1.48. The maximum absolute atomic E-state index is 10.5. The molecule has 0 radical (unpaired) electrons. The number of hydrogen-bond acceptors (Lipinski definition) is 2. The summed E-state index contributed by atoms with van der Waals surface area (Å²) in [4.78, 5) is 10.5. The molecule has 15 heavy (non-hydrogen) atoms. The van der Waals surface area contributed by atoms with E-state index in [9.17, 15) is 9.90 Å². The second-order valence-corrected chi connectivity index (χ2v) is 3.84. The van der Waals surface area contributed by atoms with Gasteiger partial charge in [0, 0.05) is 12.0 Å². The average molecular weight is 210 g/mol. The van der Waals surface area contributed by atoms with Crippen LogP contribution in [0.3, 0.4) is 0 Å². The van der Waals surface area contributed by atoms with Gasteiger partial charge in [0.05, 0.1) is 6.10 Å². The fourth-order valence-electron chi connectivity index (χ4n) is 1.48. The van der Waals surface area contributed by atoms with Gasteiger partial charge in [-0.1, -0.05) is 29.9 Å². The van der Waals surface area contributed by atoms with Gasteiger partial charge in [0.2, 0.25) is 0 Å². The Morgan fingerprint density at radius 1 is 1.20 bits per heavy atom. The van der Waals surface area contributed by atoms with Gasteiger partial charge in [0.25, 0.3) is 0 Å². The molecule has 0 saturated heterocycles. The first-order chi connectivity index (χ1) is 6.77. The molecule has 0 spiro atoms. The molecule has 0 aromatic rings. The number of rotatable bonds is 5. The fraction of sp³-hybridized carbons (Fsp3) is 0.417. The highest BCUT2D eigenvalue weighted by atomic mass is 16.4. The Balaban J connectivity index is 5.06. The lowest BCUT2D eigenvalue weighted by atomic mass is 9.85. The second-order valence-electron chi connectivity index (χ2n) is 3.84. The van der Waals surface area contributed by atoms with E-state index in [0.29, 0.717) is 11.1 Å². The number of aliphatic hydroxyl groups excluding tert-OH is 1. The minimum absolute atomic E-state index is 0.376. The normalized spacial score (nSPS) is 15.6. The topological polar surface area (TPSA) is 57.5 Å². The molecule has 84 valence electrons. The maximum atomic E-state index is 10.5. The van der Waals surface area contributed by atoms with Crippen molar-refractivity contribution in [2.75, 3.05) is 0 Å². The van der Waals surface area contributed by atoms with E-state index in [4.69, 9.17) is 5.11 Å². The van der Waals surface area contributed by atoms with Crippen molar-refractivity contribution in [2.24, 2.45) is 5.92 Å². The molecule has 2 atom stereocenters. The van der Waals surface area contributed by atoms with Crippen LogP contribution in [0.2, 0.25) is 0 Å². The zero-order valence-corrected chi connectivity index (χ0v) is 9.45. The van der Waals surface area contributed by atoms with Crippen molar-refractivity contribution in [1.82, 2.24) is 0 Å². The third kappa shape index (κ3) is 4.13. The molecule has 0 aliphatic carbocycles. The summed E-state index contributed by atoms with van der Waals surface area (Å²) in [7, 11) is 0. The summed E-state index contributed by atoms with van der Waals surface area (Å²) in [6.45, 7) is 12.5. The third-order valence-electron chi connectivity index (χ3n) is 2.19. The van der Waals surface area contributed by atoms with Crippen molar-refractivity contribution in [3.05, 3.63) is 36.0 Å². The Bertz CT molecular complexity index is 313. The van der Waals surface area contributed by atoms with Crippen LogP contribution in [0.4, 0.5) is 0 Å². The smallest absolute Gasteiger partial charge is 0.328 e. The summed E-state index contributed by atoms with van der Waals surface area (Å²) in [6, 6.07) is 0. The van der Waals surface area contributed by atoms with Gasteiger partial charge < -0.3 is 10.2 Å². The monoisotopic (exact) mass is 210 g/mol. The molecule has 0 saturated carbocycles. The Morgan fingerprint density at radius 3 is 1.93 bits per heavy atom. The van der Waals surface area contributed by atoms with Crippen LogP contribution in [0.5, 0.6) is 0 Å². The number of carbonyl (C=O) groups is 1. The lowest BCUT2D eigenvalue weighted by molar-refractivity contribution is -0.131. The molecule has 0 fully saturated rings. The predicted molar refractivity (Wildman–Crippen MR) is 60.5 cm³/mol. The van der Waals surface area contributed by atoms with Crippen LogP contribution in [-0.4, -0.2) is 22.3 Å². The van der Waals surface area contributed by atoms with Gasteiger partial charge in [-0.2, -0.15) is 0 Å². The highest BCUT2D eigenvalue weighted by Crippen LogP contribution is 2.25. The van der Waals surface area contributed by atoms with Crippen LogP contribution < -0.4 is 0 Å². The molecular weight excluding hydrogens is 192 g/mol. The van der Waals surface area contributed by atoms with Crippen LogP contribution in [0.1, 0.15) is 20.8 Å². The summed E-state index contributed by atoms with van der Waals surface area (Å²) in [5.41, 5.74) is 1.90. The molecule has 0 aromatic carbocycles. The van der Waals surface area contributed by atoms with Crippen molar-refractivity contribution in [1.29, 1.82) is 0 Å². The molecule has 0 aromatic heterocycles. The Morgan fingerprint density at radius 2 is 1.67 bits per heavy atom. The number of aliphatic hydroxyl groups is 1. The van der Waals surface area contributed by atoms with Crippen molar-refractivity contribution in [3.63, 3.8) is 0 Å². The largest absolute Gasteiger partial charge is 0.478 e. The number of hydrogen-bond donors (Lipinski definition) is 2. The van der Waals surface area contributed by atoms with Gasteiger partial charge in [-0.3, -0.25) is 0 Å². The van der Waals surface area contributed by atoms with Gasteiger partial charge in [-0.15, -0.1) is 0 Å². The summed E-state index contributed by atoms with van der Waals surface area (Å²) >= 11 is 0. The van der Waals surface area contributed by atoms with E-state index in [0.717, 1.165) is 11.6 Å².